The van der Waals surface area contributed by atoms with E-state index in [4.69, 9.17) is 4.74 Å². The van der Waals surface area contributed by atoms with E-state index in [0.717, 1.165) is 57.3 Å². The number of carbonyl (C=O) groups excluding carboxylic acids is 1. The summed E-state index contributed by atoms with van der Waals surface area (Å²) in [6.45, 7) is 12.4. The van der Waals surface area contributed by atoms with E-state index in [1.165, 1.54) is 40.2 Å². The van der Waals surface area contributed by atoms with E-state index in [1.807, 2.05) is 55.4 Å². The molecule has 11 nitrogen and oxygen atoms in total. The van der Waals surface area contributed by atoms with Crippen LogP contribution in [-0.2, 0) is 11.3 Å². The van der Waals surface area contributed by atoms with Gasteiger partial charge >= 0.3 is 12.1 Å². The molecule has 4 aliphatic carbocycles. The Labute approximate surface area is 341 Å². The van der Waals surface area contributed by atoms with Crippen LogP contribution in [-0.4, -0.2) is 83.2 Å². The Morgan fingerprint density at radius 1 is 0.897 bits per heavy atom. The molecule has 304 valence electrons. The Hall–Kier alpha value is -5.16. The molecule has 58 heavy (non-hydrogen) atoms. The van der Waals surface area contributed by atoms with E-state index in [1.54, 1.807) is 6.07 Å². The first-order chi connectivity index (χ1) is 27.9. The molecule has 1 saturated heterocycles. The van der Waals surface area contributed by atoms with Crippen molar-refractivity contribution in [3.8, 4) is 34.6 Å². The van der Waals surface area contributed by atoms with Crippen molar-refractivity contribution in [1.29, 1.82) is 0 Å². The monoisotopic (exact) mass is 784 g/mol. The second-order valence-electron chi connectivity index (χ2n) is 18.2. The van der Waals surface area contributed by atoms with Crippen molar-refractivity contribution in [1.82, 2.24) is 29.5 Å². The number of amides is 1. The molecule has 4 aromatic rings. The quantitative estimate of drug-likeness (QED) is 0.157. The molecule has 6 atom stereocenters. The Bertz CT molecular complexity index is 2240. The molecule has 2 aromatic heterocycles. The number of nitrogens with zero attached hydrogens (tertiary/aromatic N) is 6. The SMILES string of the molecule is CC(C)c1cc(-c2nnc(O)n2-c2ccc(CN3CCN(C(=O)OC4CCC5(C)C(=CCC6C5CCC5(C)C(c7cccnc7)=CCC65)C4)CC3)cc2)c(O)cc1O. The van der Waals surface area contributed by atoms with Crippen LogP contribution in [0, 0.1) is 28.6 Å². The molecular formula is C47H56N6O5. The lowest BCUT2D eigenvalue weighted by atomic mass is 9.47. The van der Waals surface area contributed by atoms with Crippen LogP contribution in [0.2, 0.25) is 0 Å². The third-order valence-corrected chi connectivity index (χ3v) is 14.8. The number of aromatic nitrogens is 4. The molecule has 6 unspecified atom stereocenters. The third kappa shape index (κ3) is 6.65. The average Bonchev–Trinajstić information content (AvgIpc) is 3.78. The highest BCUT2D eigenvalue weighted by Crippen LogP contribution is 2.66. The number of hydrogen-bond donors (Lipinski definition) is 3. The second kappa shape index (κ2) is 14.9. The van der Waals surface area contributed by atoms with Gasteiger partial charge in [0.05, 0.1) is 11.3 Å². The number of benzene rings is 2. The largest absolute Gasteiger partial charge is 0.508 e. The summed E-state index contributed by atoms with van der Waals surface area (Å²) in [4.78, 5) is 22.1. The number of hydrogen-bond acceptors (Lipinski definition) is 9. The Morgan fingerprint density at radius 3 is 2.41 bits per heavy atom. The summed E-state index contributed by atoms with van der Waals surface area (Å²) < 4.78 is 7.73. The maximum absolute atomic E-state index is 13.5. The zero-order valence-electron chi connectivity index (χ0n) is 34.1. The lowest BCUT2D eigenvalue weighted by Crippen LogP contribution is -2.51. The zero-order chi connectivity index (χ0) is 40.3. The highest BCUT2D eigenvalue weighted by molar-refractivity contribution is 5.73. The summed E-state index contributed by atoms with van der Waals surface area (Å²) in [6, 6.07) is 14.8. The van der Waals surface area contributed by atoms with Crippen molar-refractivity contribution in [2.75, 3.05) is 26.2 Å². The molecule has 2 saturated carbocycles. The number of pyridine rings is 1. The highest BCUT2D eigenvalue weighted by atomic mass is 16.6. The first-order valence-corrected chi connectivity index (χ1v) is 21.2. The predicted octanol–water partition coefficient (Wildman–Crippen LogP) is 8.85. The maximum Gasteiger partial charge on any atom is 0.410 e. The van der Waals surface area contributed by atoms with E-state index in [9.17, 15) is 20.1 Å². The number of phenols is 2. The van der Waals surface area contributed by atoms with Gasteiger partial charge in [-0.05, 0) is 120 Å². The van der Waals surface area contributed by atoms with Crippen molar-refractivity contribution < 1.29 is 24.9 Å². The minimum Gasteiger partial charge on any atom is -0.508 e. The molecular weight excluding hydrogens is 729 g/mol. The zero-order valence-corrected chi connectivity index (χ0v) is 34.1. The topological polar surface area (TPSA) is 137 Å². The first-order valence-electron chi connectivity index (χ1n) is 21.2. The van der Waals surface area contributed by atoms with Crippen molar-refractivity contribution >= 4 is 11.7 Å². The molecule has 0 radical (unpaired) electrons. The molecule has 0 bridgehead atoms. The summed E-state index contributed by atoms with van der Waals surface area (Å²) in [5.74, 6) is 2.17. The predicted molar refractivity (Wildman–Crippen MR) is 222 cm³/mol. The summed E-state index contributed by atoms with van der Waals surface area (Å²) in [6.07, 6.45) is 16.3. The van der Waals surface area contributed by atoms with E-state index < -0.39 is 0 Å². The van der Waals surface area contributed by atoms with Gasteiger partial charge in [0, 0.05) is 57.6 Å². The van der Waals surface area contributed by atoms with Crippen LogP contribution in [0.25, 0.3) is 22.6 Å². The molecule has 11 heteroatoms. The maximum atomic E-state index is 13.5. The van der Waals surface area contributed by atoms with Gasteiger partial charge in [-0.3, -0.25) is 9.88 Å². The van der Waals surface area contributed by atoms with E-state index >= 15 is 0 Å². The van der Waals surface area contributed by atoms with E-state index in [-0.39, 0.29) is 52.3 Å². The standard InChI is InChI=1S/C47H56N6O5/c1-29(2)36-25-37(42(55)26-41(36)54)43-49-50-44(56)53(43)33-10-7-30(8-11-33)28-51-20-22-52(23-21-51)45(57)58-34-15-17-46(3)32(24-34)9-12-35-39-14-13-38(31-6-5-19-48-27-31)47(39,4)18-16-40(35)46/h5-11,13,19,25-27,29,34-35,39-40,54-55H,12,14-18,20-24,28H2,1-4H3,(H,50,56). The second-order valence-corrected chi connectivity index (χ2v) is 18.2. The van der Waals surface area contributed by atoms with Gasteiger partial charge in [-0.25, -0.2) is 9.36 Å². The molecule has 2 aromatic carbocycles. The van der Waals surface area contributed by atoms with Crippen molar-refractivity contribution in [2.45, 2.75) is 91.2 Å². The van der Waals surface area contributed by atoms with E-state index in [2.05, 4.69) is 58.2 Å². The summed E-state index contributed by atoms with van der Waals surface area (Å²) in [5, 5.41) is 39.7. The minimum atomic E-state index is -0.301. The number of piperazine rings is 1. The van der Waals surface area contributed by atoms with E-state index in [0.29, 0.717) is 47.7 Å². The Morgan fingerprint density at radius 2 is 1.67 bits per heavy atom. The molecule has 9 rings (SSSR count). The van der Waals surface area contributed by atoms with Crippen molar-refractivity contribution in [3.05, 3.63) is 95.3 Å². The normalized spacial score (nSPS) is 28.3. The van der Waals surface area contributed by atoms with Gasteiger partial charge in [0.15, 0.2) is 5.82 Å². The number of carbonyl (C=O) groups is 1. The fraction of sp³-hybridized carbons (Fsp3) is 0.489. The van der Waals surface area contributed by atoms with Gasteiger partial charge in [0.1, 0.15) is 17.6 Å². The van der Waals surface area contributed by atoms with Gasteiger partial charge < -0.3 is 25.0 Å². The van der Waals surface area contributed by atoms with Crippen LogP contribution in [0.1, 0.15) is 95.2 Å². The number of allylic oxidation sites excluding steroid dienone is 3. The fourth-order valence-electron chi connectivity index (χ4n) is 11.5. The van der Waals surface area contributed by atoms with Crippen LogP contribution < -0.4 is 0 Å². The van der Waals surface area contributed by atoms with Crippen LogP contribution in [0.5, 0.6) is 17.5 Å². The van der Waals surface area contributed by atoms with Crippen molar-refractivity contribution in [3.63, 3.8) is 0 Å². The molecule has 3 heterocycles. The van der Waals surface area contributed by atoms with Gasteiger partial charge in [0.2, 0.25) is 0 Å². The number of aromatic hydroxyl groups is 3. The molecule has 3 N–H and O–H groups in total. The minimum absolute atomic E-state index is 0.00555. The van der Waals surface area contributed by atoms with Gasteiger partial charge in [-0.2, -0.15) is 0 Å². The summed E-state index contributed by atoms with van der Waals surface area (Å²) in [5.41, 5.74) is 7.47. The van der Waals surface area contributed by atoms with Crippen LogP contribution >= 0.6 is 0 Å². The average molecular weight is 785 g/mol. The third-order valence-electron chi connectivity index (χ3n) is 14.8. The molecule has 3 fully saturated rings. The summed E-state index contributed by atoms with van der Waals surface area (Å²) >= 11 is 0. The number of rotatable bonds is 7. The van der Waals surface area contributed by atoms with Gasteiger partial charge in [-0.15, -0.1) is 5.10 Å². The molecule has 1 amide bonds. The molecule has 0 spiro atoms. The Kier molecular flexibility index (Phi) is 9.85. The Balaban J connectivity index is 0.784. The van der Waals surface area contributed by atoms with Crippen LogP contribution in [0.3, 0.4) is 0 Å². The highest BCUT2D eigenvalue weighted by Gasteiger charge is 2.57. The number of fused-ring (bicyclic) bond motifs is 5. The van der Waals surface area contributed by atoms with Crippen LogP contribution in [0.15, 0.2) is 78.6 Å². The number of ether oxygens (including phenoxy) is 1. The lowest BCUT2D eigenvalue weighted by Gasteiger charge is -2.58. The lowest BCUT2D eigenvalue weighted by molar-refractivity contribution is -0.0307. The smallest absolute Gasteiger partial charge is 0.410 e. The fourth-order valence-corrected chi connectivity index (χ4v) is 11.5. The molecule has 1 aliphatic heterocycles. The van der Waals surface area contributed by atoms with Crippen molar-refractivity contribution in [2.24, 2.45) is 28.6 Å². The number of phenolic OH excluding ortho intramolecular Hbond substituents is 2. The van der Waals surface area contributed by atoms with Gasteiger partial charge in [0.25, 0.3) is 0 Å². The van der Waals surface area contributed by atoms with Crippen LogP contribution in [0.4, 0.5) is 4.79 Å². The molecule has 5 aliphatic rings. The first kappa shape index (κ1) is 38.4. The summed E-state index contributed by atoms with van der Waals surface area (Å²) in [7, 11) is 0. The van der Waals surface area contributed by atoms with Gasteiger partial charge in [-0.1, -0.05) is 68.7 Å².